The molecule has 0 radical (unpaired) electrons. The van der Waals surface area contributed by atoms with Crippen molar-refractivity contribution in [3.8, 4) is 33.5 Å². The summed E-state index contributed by atoms with van der Waals surface area (Å²) in [6.45, 7) is 0. The maximum Gasteiger partial charge on any atom is 0.248 e. The number of hydrogen-bond donors (Lipinski definition) is 0. The lowest BCUT2D eigenvalue weighted by Crippen LogP contribution is -1.88. The van der Waals surface area contributed by atoms with E-state index in [1.165, 1.54) is 12.1 Å². The Labute approximate surface area is 158 Å². The van der Waals surface area contributed by atoms with E-state index >= 15 is 0 Å². The molecular weight excluding hydrogens is 361 g/mol. The normalized spacial score (nSPS) is 11.1. The summed E-state index contributed by atoms with van der Waals surface area (Å²) in [5.74, 6) is 0.452. The number of hydrogen-bond acceptors (Lipinski definition) is 5. The van der Waals surface area contributed by atoms with E-state index < -0.39 is 0 Å². The molecule has 0 bridgehead atoms. The fourth-order valence-electron chi connectivity index (χ4n) is 2.94. The lowest BCUT2D eigenvalue weighted by atomic mass is 10.1. The smallest absolute Gasteiger partial charge is 0.248 e. The molecule has 0 saturated heterocycles. The van der Waals surface area contributed by atoms with E-state index in [-0.39, 0.29) is 5.82 Å². The third kappa shape index (κ3) is 2.90. The summed E-state index contributed by atoms with van der Waals surface area (Å²) < 4.78 is 19.1. The maximum absolute atomic E-state index is 13.2. The Morgan fingerprint density at radius 1 is 0.852 bits per heavy atom. The predicted octanol–water partition coefficient (Wildman–Crippen LogP) is 5.82. The van der Waals surface area contributed by atoms with Gasteiger partial charge in [0.05, 0.1) is 21.7 Å². The number of rotatable bonds is 3. The van der Waals surface area contributed by atoms with Crippen molar-refractivity contribution in [2.75, 3.05) is 0 Å². The molecule has 0 unspecified atom stereocenters. The topological polar surface area (TPSA) is 51.8 Å². The Balaban J connectivity index is 1.67. The first-order valence-electron chi connectivity index (χ1n) is 8.31. The van der Waals surface area contributed by atoms with Gasteiger partial charge >= 0.3 is 0 Å². The number of pyridine rings is 1. The molecule has 0 atom stereocenters. The Bertz CT molecular complexity index is 1230. The summed E-state index contributed by atoms with van der Waals surface area (Å²) in [5, 5.41) is 11.3. The average molecular weight is 373 g/mol. The third-order valence-electron chi connectivity index (χ3n) is 4.24. The van der Waals surface area contributed by atoms with E-state index in [2.05, 4.69) is 10.2 Å². The lowest BCUT2D eigenvalue weighted by Gasteiger charge is -2.06. The van der Waals surface area contributed by atoms with Crippen molar-refractivity contribution in [2.45, 2.75) is 0 Å². The number of aromatic nitrogens is 3. The molecule has 0 fully saturated rings. The molecule has 6 heteroatoms. The van der Waals surface area contributed by atoms with Crippen LogP contribution in [-0.4, -0.2) is 15.2 Å². The van der Waals surface area contributed by atoms with Gasteiger partial charge < -0.3 is 4.42 Å². The van der Waals surface area contributed by atoms with Crippen LogP contribution >= 0.6 is 11.3 Å². The first kappa shape index (κ1) is 15.8. The SMILES string of the molecule is Fc1ccc(-c2nnc(-c3cc(-c4cccs4)nc4ccccc34)o2)cc1. The molecule has 0 N–H and O–H groups in total. The number of nitrogens with zero attached hydrogens (tertiary/aromatic N) is 3. The van der Waals surface area contributed by atoms with Crippen LogP contribution in [0.4, 0.5) is 4.39 Å². The molecule has 5 rings (SSSR count). The molecule has 3 aromatic heterocycles. The number of halogens is 1. The van der Waals surface area contributed by atoms with Gasteiger partial charge in [0, 0.05) is 10.9 Å². The molecule has 0 amide bonds. The minimum atomic E-state index is -0.306. The fourth-order valence-corrected chi connectivity index (χ4v) is 3.63. The highest BCUT2D eigenvalue weighted by Crippen LogP contribution is 2.34. The van der Waals surface area contributed by atoms with Gasteiger partial charge in [-0.3, -0.25) is 0 Å². The summed E-state index contributed by atoms with van der Waals surface area (Å²) in [6.07, 6.45) is 0. The largest absolute Gasteiger partial charge is 0.416 e. The van der Waals surface area contributed by atoms with E-state index in [0.29, 0.717) is 17.3 Å². The van der Waals surface area contributed by atoms with Gasteiger partial charge in [0.15, 0.2) is 0 Å². The van der Waals surface area contributed by atoms with Crippen LogP contribution in [0, 0.1) is 5.82 Å². The second-order valence-electron chi connectivity index (χ2n) is 5.97. The monoisotopic (exact) mass is 373 g/mol. The molecule has 0 saturated carbocycles. The zero-order chi connectivity index (χ0) is 18.2. The van der Waals surface area contributed by atoms with Crippen LogP contribution in [0.25, 0.3) is 44.4 Å². The Kier molecular flexibility index (Phi) is 3.76. The first-order valence-corrected chi connectivity index (χ1v) is 9.19. The van der Waals surface area contributed by atoms with E-state index in [9.17, 15) is 4.39 Å². The summed E-state index contributed by atoms with van der Waals surface area (Å²) in [7, 11) is 0. The second kappa shape index (κ2) is 6.41. The third-order valence-corrected chi connectivity index (χ3v) is 5.13. The number of thiophene rings is 1. The molecule has 2 aromatic carbocycles. The van der Waals surface area contributed by atoms with E-state index in [1.807, 2.05) is 47.8 Å². The van der Waals surface area contributed by atoms with Gasteiger partial charge in [-0.15, -0.1) is 21.5 Å². The van der Waals surface area contributed by atoms with Gasteiger partial charge in [-0.05, 0) is 47.8 Å². The van der Waals surface area contributed by atoms with Crippen molar-refractivity contribution in [2.24, 2.45) is 0 Å². The number of fused-ring (bicyclic) bond motifs is 1. The van der Waals surface area contributed by atoms with Crippen LogP contribution in [0.1, 0.15) is 0 Å². The predicted molar refractivity (Wildman–Crippen MR) is 104 cm³/mol. The Morgan fingerprint density at radius 2 is 1.67 bits per heavy atom. The highest BCUT2D eigenvalue weighted by Gasteiger charge is 2.16. The van der Waals surface area contributed by atoms with Gasteiger partial charge in [-0.2, -0.15) is 0 Å². The van der Waals surface area contributed by atoms with E-state index in [1.54, 1.807) is 23.5 Å². The van der Waals surface area contributed by atoms with Crippen molar-refractivity contribution in [3.05, 3.63) is 77.9 Å². The number of benzene rings is 2. The van der Waals surface area contributed by atoms with Crippen molar-refractivity contribution in [1.29, 1.82) is 0 Å². The molecule has 5 aromatic rings. The summed E-state index contributed by atoms with van der Waals surface area (Å²) in [5.41, 5.74) is 3.22. The van der Waals surface area contributed by atoms with Gasteiger partial charge in [0.1, 0.15) is 5.82 Å². The van der Waals surface area contributed by atoms with Crippen LogP contribution in [0.2, 0.25) is 0 Å². The molecule has 4 nitrogen and oxygen atoms in total. The van der Waals surface area contributed by atoms with Crippen LogP contribution in [0.3, 0.4) is 0 Å². The van der Waals surface area contributed by atoms with Crippen molar-refractivity contribution >= 4 is 22.2 Å². The zero-order valence-electron chi connectivity index (χ0n) is 14.0. The minimum Gasteiger partial charge on any atom is -0.416 e. The Morgan fingerprint density at radius 3 is 2.48 bits per heavy atom. The van der Waals surface area contributed by atoms with E-state index in [0.717, 1.165) is 27.0 Å². The quantitative estimate of drug-likeness (QED) is 0.400. The lowest BCUT2D eigenvalue weighted by molar-refractivity contribution is 0.584. The van der Waals surface area contributed by atoms with Gasteiger partial charge in [-0.25, -0.2) is 9.37 Å². The van der Waals surface area contributed by atoms with Crippen molar-refractivity contribution in [3.63, 3.8) is 0 Å². The molecule has 0 aliphatic heterocycles. The standard InChI is InChI=1S/C21H12FN3OS/c22-14-9-7-13(8-10-14)20-24-25-21(26-20)16-12-18(19-6-3-11-27-19)23-17-5-2-1-4-15(16)17/h1-12H. The highest BCUT2D eigenvalue weighted by molar-refractivity contribution is 7.13. The van der Waals surface area contributed by atoms with Crippen LogP contribution in [0.5, 0.6) is 0 Å². The first-order chi connectivity index (χ1) is 13.3. The second-order valence-corrected chi connectivity index (χ2v) is 6.92. The molecule has 0 aliphatic rings. The zero-order valence-corrected chi connectivity index (χ0v) is 14.8. The van der Waals surface area contributed by atoms with Gasteiger partial charge in [-0.1, -0.05) is 24.3 Å². The summed E-state index contributed by atoms with van der Waals surface area (Å²) in [6, 6.07) is 19.8. The fraction of sp³-hybridized carbons (Fsp3) is 0. The van der Waals surface area contributed by atoms with Crippen molar-refractivity contribution in [1.82, 2.24) is 15.2 Å². The summed E-state index contributed by atoms with van der Waals surface area (Å²) in [4.78, 5) is 5.83. The van der Waals surface area contributed by atoms with Crippen LogP contribution in [0.15, 0.2) is 76.5 Å². The van der Waals surface area contributed by atoms with Gasteiger partial charge in [0.25, 0.3) is 0 Å². The van der Waals surface area contributed by atoms with Gasteiger partial charge in [0.2, 0.25) is 11.8 Å². The van der Waals surface area contributed by atoms with Crippen LogP contribution < -0.4 is 0 Å². The van der Waals surface area contributed by atoms with Crippen LogP contribution in [-0.2, 0) is 0 Å². The molecule has 0 aliphatic carbocycles. The molecular formula is C21H12FN3OS. The summed E-state index contributed by atoms with van der Waals surface area (Å²) >= 11 is 1.63. The van der Waals surface area contributed by atoms with E-state index in [4.69, 9.17) is 9.40 Å². The average Bonchev–Trinajstić information content (AvgIpc) is 3.40. The maximum atomic E-state index is 13.2. The molecule has 3 heterocycles. The minimum absolute atomic E-state index is 0.306. The molecule has 27 heavy (non-hydrogen) atoms. The molecule has 0 spiro atoms. The Hall–Kier alpha value is -3.38. The van der Waals surface area contributed by atoms with Crippen molar-refractivity contribution < 1.29 is 8.81 Å². The highest BCUT2D eigenvalue weighted by atomic mass is 32.1. The number of para-hydroxylation sites is 1. The molecule has 130 valence electrons.